The van der Waals surface area contributed by atoms with E-state index in [0.717, 1.165) is 0 Å². The first-order chi connectivity index (χ1) is 7.50. The van der Waals surface area contributed by atoms with Gasteiger partial charge < -0.3 is 10.1 Å². The van der Waals surface area contributed by atoms with Crippen LogP contribution in [0, 0.1) is 0 Å². The van der Waals surface area contributed by atoms with Crippen LogP contribution in [0.5, 0.6) is 0 Å². The minimum atomic E-state index is -0.224. The number of rotatable bonds is 3. The molecule has 1 aromatic heterocycles. The van der Waals surface area contributed by atoms with Crippen LogP contribution < -0.4 is 5.32 Å². The Morgan fingerprint density at radius 2 is 2.31 bits per heavy atom. The van der Waals surface area contributed by atoms with E-state index in [1.165, 1.54) is 0 Å². The maximum atomic E-state index is 11.8. The van der Waals surface area contributed by atoms with Gasteiger partial charge >= 0.3 is 0 Å². The second kappa shape index (κ2) is 3.90. The molecule has 16 heavy (non-hydrogen) atoms. The highest BCUT2D eigenvalue weighted by Crippen LogP contribution is 2.16. The zero-order valence-corrected chi connectivity index (χ0v) is 9.86. The van der Waals surface area contributed by atoms with Crippen LogP contribution in [-0.2, 0) is 4.74 Å². The lowest BCUT2D eigenvalue weighted by molar-refractivity contribution is -0.0594. The summed E-state index contributed by atoms with van der Waals surface area (Å²) >= 11 is 0. The van der Waals surface area contributed by atoms with Crippen molar-refractivity contribution < 1.29 is 9.53 Å². The fourth-order valence-electron chi connectivity index (χ4n) is 1.57. The predicted molar refractivity (Wildman–Crippen MR) is 59.3 cm³/mol. The summed E-state index contributed by atoms with van der Waals surface area (Å²) < 4.78 is 6.85. The molecule has 1 amide bonds. The lowest BCUT2D eigenvalue weighted by atomic mass is 10.0. The maximum Gasteiger partial charge on any atom is 0.272 e. The molecule has 0 saturated carbocycles. The van der Waals surface area contributed by atoms with E-state index in [4.69, 9.17) is 4.74 Å². The third kappa shape index (κ3) is 2.09. The van der Waals surface area contributed by atoms with Crippen LogP contribution in [0.1, 0.15) is 37.3 Å². The van der Waals surface area contributed by atoms with Gasteiger partial charge in [0.15, 0.2) is 0 Å². The van der Waals surface area contributed by atoms with Crippen molar-refractivity contribution in [1.82, 2.24) is 15.1 Å². The molecular formula is C11H17N3O2. The summed E-state index contributed by atoms with van der Waals surface area (Å²) in [5.41, 5.74) is 0.237. The molecule has 0 radical (unpaired) electrons. The van der Waals surface area contributed by atoms with Crippen molar-refractivity contribution in [2.45, 2.75) is 32.4 Å². The van der Waals surface area contributed by atoms with Gasteiger partial charge in [0.05, 0.1) is 18.8 Å². The molecule has 5 heteroatoms. The van der Waals surface area contributed by atoms with Crippen molar-refractivity contribution in [3.8, 4) is 0 Å². The first kappa shape index (κ1) is 11.1. The molecule has 1 fully saturated rings. The summed E-state index contributed by atoms with van der Waals surface area (Å²) in [7, 11) is 0. The first-order valence-electron chi connectivity index (χ1n) is 5.46. The van der Waals surface area contributed by atoms with Crippen LogP contribution in [0.4, 0.5) is 0 Å². The molecule has 0 aromatic carbocycles. The highest BCUT2D eigenvalue weighted by molar-refractivity contribution is 5.92. The molecule has 1 aromatic rings. The second-order valence-electron chi connectivity index (χ2n) is 4.78. The van der Waals surface area contributed by atoms with Crippen molar-refractivity contribution in [2.24, 2.45) is 0 Å². The Morgan fingerprint density at radius 3 is 2.75 bits per heavy atom. The Morgan fingerprint density at radius 1 is 1.62 bits per heavy atom. The summed E-state index contributed by atoms with van der Waals surface area (Å²) in [5, 5.41) is 7.14. The zero-order valence-electron chi connectivity index (χ0n) is 9.86. The van der Waals surface area contributed by atoms with Gasteiger partial charge in [-0.3, -0.25) is 9.48 Å². The topological polar surface area (TPSA) is 56.2 Å². The average molecular weight is 223 g/mol. The minimum Gasteiger partial charge on any atom is -0.376 e. The van der Waals surface area contributed by atoms with Crippen molar-refractivity contribution in [3.63, 3.8) is 0 Å². The van der Waals surface area contributed by atoms with E-state index < -0.39 is 0 Å². The largest absolute Gasteiger partial charge is 0.376 e. The fraction of sp³-hybridized carbons (Fsp3) is 0.636. The van der Waals surface area contributed by atoms with Gasteiger partial charge in [-0.05, 0) is 26.8 Å². The number of nitrogens with zero attached hydrogens (tertiary/aromatic N) is 2. The van der Waals surface area contributed by atoms with E-state index in [1.807, 2.05) is 27.0 Å². The van der Waals surface area contributed by atoms with Crippen LogP contribution >= 0.6 is 0 Å². The second-order valence-corrected chi connectivity index (χ2v) is 4.78. The Kier molecular flexibility index (Phi) is 2.71. The summed E-state index contributed by atoms with van der Waals surface area (Å²) in [6.45, 7) is 7.16. The molecule has 1 aliphatic rings. The number of carbonyl (C=O) groups excluding carboxylic acids is 1. The SMILES string of the molecule is CC(C)n1ccc(C(=O)NC2(C)COC2)n1. The van der Waals surface area contributed by atoms with Crippen LogP contribution in [0.3, 0.4) is 0 Å². The van der Waals surface area contributed by atoms with Crippen LogP contribution in [0.25, 0.3) is 0 Å². The normalized spacial score (nSPS) is 18.2. The lowest BCUT2D eigenvalue weighted by Gasteiger charge is -2.38. The Hall–Kier alpha value is -1.36. The smallest absolute Gasteiger partial charge is 0.272 e. The molecule has 2 heterocycles. The molecule has 1 saturated heterocycles. The van der Waals surface area contributed by atoms with Crippen LogP contribution in [0.15, 0.2) is 12.3 Å². The number of hydrogen-bond donors (Lipinski definition) is 1. The molecule has 0 aliphatic carbocycles. The number of ether oxygens (including phenoxy) is 1. The molecule has 0 spiro atoms. The molecule has 2 rings (SSSR count). The molecule has 88 valence electrons. The van der Waals surface area contributed by atoms with E-state index in [2.05, 4.69) is 10.4 Å². The van der Waals surface area contributed by atoms with Gasteiger partial charge in [-0.1, -0.05) is 0 Å². The molecule has 1 aliphatic heterocycles. The summed E-state index contributed by atoms with van der Waals surface area (Å²) in [4.78, 5) is 11.8. The lowest BCUT2D eigenvalue weighted by Crippen LogP contribution is -2.59. The summed E-state index contributed by atoms with van der Waals surface area (Å²) in [5.74, 6) is -0.134. The van der Waals surface area contributed by atoms with Gasteiger partial charge in [-0.25, -0.2) is 0 Å². The highest BCUT2D eigenvalue weighted by atomic mass is 16.5. The van der Waals surface area contributed by atoms with Crippen LogP contribution in [-0.4, -0.2) is 34.4 Å². The van der Waals surface area contributed by atoms with Gasteiger partial charge in [0.25, 0.3) is 5.91 Å². The predicted octanol–water partition coefficient (Wildman–Crippen LogP) is 0.983. The number of hydrogen-bond acceptors (Lipinski definition) is 3. The van der Waals surface area contributed by atoms with E-state index >= 15 is 0 Å². The van der Waals surface area contributed by atoms with Crippen molar-refractivity contribution in [2.75, 3.05) is 13.2 Å². The Bertz CT molecular complexity index is 394. The summed E-state index contributed by atoms with van der Waals surface area (Å²) in [6.07, 6.45) is 1.82. The van der Waals surface area contributed by atoms with Crippen molar-refractivity contribution in [3.05, 3.63) is 18.0 Å². The van der Waals surface area contributed by atoms with Crippen molar-refractivity contribution in [1.29, 1.82) is 0 Å². The number of amides is 1. The third-order valence-electron chi connectivity index (χ3n) is 2.63. The first-order valence-corrected chi connectivity index (χ1v) is 5.46. The van der Waals surface area contributed by atoms with Gasteiger partial charge in [-0.15, -0.1) is 0 Å². The molecule has 0 bridgehead atoms. The minimum absolute atomic E-state index is 0.134. The number of aromatic nitrogens is 2. The van der Waals surface area contributed by atoms with Crippen molar-refractivity contribution >= 4 is 5.91 Å². The molecule has 1 N–H and O–H groups in total. The Labute approximate surface area is 94.8 Å². The number of carbonyl (C=O) groups is 1. The monoisotopic (exact) mass is 223 g/mol. The van der Waals surface area contributed by atoms with Gasteiger partial charge in [-0.2, -0.15) is 5.10 Å². The van der Waals surface area contributed by atoms with Crippen LogP contribution in [0.2, 0.25) is 0 Å². The maximum absolute atomic E-state index is 11.8. The average Bonchev–Trinajstić information content (AvgIpc) is 2.64. The van der Waals surface area contributed by atoms with E-state index in [1.54, 1.807) is 10.7 Å². The van der Waals surface area contributed by atoms with E-state index in [9.17, 15) is 4.79 Å². The third-order valence-corrected chi connectivity index (χ3v) is 2.63. The van der Waals surface area contributed by atoms with E-state index in [-0.39, 0.29) is 17.5 Å². The number of nitrogens with one attached hydrogen (secondary N) is 1. The molecule has 0 unspecified atom stereocenters. The van der Waals surface area contributed by atoms with Gasteiger partial charge in [0, 0.05) is 12.2 Å². The summed E-state index contributed by atoms with van der Waals surface area (Å²) in [6, 6.07) is 2.00. The molecular weight excluding hydrogens is 206 g/mol. The quantitative estimate of drug-likeness (QED) is 0.831. The van der Waals surface area contributed by atoms with E-state index in [0.29, 0.717) is 18.9 Å². The van der Waals surface area contributed by atoms with Gasteiger partial charge in [0.1, 0.15) is 5.69 Å². The standard InChI is InChI=1S/C11H17N3O2/c1-8(2)14-5-4-9(13-14)10(15)12-11(3)6-16-7-11/h4-5,8H,6-7H2,1-3H3,(H,12,15). The fourth-order valence-corrected chi connectivity index (χ4v) is 1.57. The van der Waals surface area contributed by atoms with Gasteiger partial charge in [0.2, 0.25) is 0 Å². The molecule has 5 nitrogen and oxygen atoms in total. The molecule has 0 atom stereocenters. The zero-order chi connectivity index (χ0) is 11.8. The Balaban J connectivity index is 2.03. The highest BCUT2D eigenvalue weighted by Gasteiger charge is 2.35.